The molecule has 1 N–H and O–H groups in total. The van der Waals surface area contributed by atoms with Gasteiger partial charge in [-0.1, -0.05) is 153 Å². The molecule has 50 heavy (non-hydrogen) atoms. The van der Waals surface area contributed by atoms with Gasteiger partial charge in [-0.2, -0.15) is 0 Å². The number of rotatable bonds is 14. The average molecular weight is 793 g/mol. The third-order valence-corrected chi connectivity index (χ3v) is 9.31. The summed E-state index contributed by atoms with van der Waals surface area (Å²) in [5, 5.41) is 9.57. The SMILES string of the molecule is O=CCC(c1ccccc1)c1cc(Br)ccc1OCc1ccccc1.OCCC(c1ccccc1)c1cc(Br)ccc1OCc1ccccc1. The summed E-state index contributed by atoms with van der Waals surface area (Å²) in [5.74, 6) is 1.73. The van der Waals surface area contributed by atoms with E-state index >= 15 is 0 Å². The Kier molecular flexibility index (Phi) is 14.4. The molecule has 254 valence electrons. The molecular weight excluding hydrogens is 752 g/mol. The first-order valence-electron chi connectivity index (χ1n) is 16.6. The lowest BCUT2D eigenvalue weighted by Gasteiger charge is -2.21. The second-order valence-electron chi connectivity index (χ2n) is 11.8. The van der Waals surface area contributed by atoms with Crippen molar-refractivity contribution in [2.24, 2.45) is 0 Å². The van der Waals surface area contributed by atoms with Crippen LogP contribution in [0.3, 0.4) is 0 Å². The van der Waals surface area contributed by atoms with Crippen molar-refractivity contribution in [2.45, 2.75) is 37.9 Å². The highest BCUT2D eigenvalue weighted by Gasteiger charge is 2.20. The Labute approximate surface area is 312 Å². The zero-order chi connectivity index (χ0) is 35.0. The van der Waals surface area contributed by atoms with Crippen molar-refractivity contribution < 1.29 is 19.4 Å². The number of aldehydes is 1. The number of carbonyl (C=O) groups excluding carboxylic acids is 1. The minimum Gasteiger partial charge on any atom is -0.489 e. The Bertz CT molecular complexity index is 1880. The van der Waals surface area contributed by atoms with Crippen molar-refractivity contribution in [3.63, 3.8) is 0 Å². The van der Waals surface area contributed by atoms with Gasteiger partial charge in [-0.05, 0) is 65.1 Å². The van der Waals surface area contributed by atoms with E-state index in [1.165, 1.54) is 5.56 Å². The summed E-state index contributed by atoms with van der Waals surface area (Å²) in [6.45, 7) is 1.15. The third kappa shape index (κ3) is 10.8. The average Bonchev–Trinajstić information content (AvgIpc) is 3.17. The number of hydrogen-bond acceptors (Lipinski definition) is 4. The van der Waals surface area contributed by atoms with Gasteiger partial charge in [0.1, 0.15) is 31.0 Å². The van der Waals surface area contributed by atoms with Crippen LogP contribution in [0, 0.1) is 0 Å². The van der Waals surface area contributed by atoms with Gasteiger partial charge in [-0.25, -0.2) is 0 Å². The predicted molar refractivity (Wildman–Crippen MR) is 209 cm³/mol. The van der Waals surface area contributed by atoms with Gasteiger partial charge in [-0.15, -0.1) is 0 Å². The van der Waals surface area contributed by atoms with Crippen LogP contribution in [0.5, 0.6) is 11.5 Å². The lowest BCUT2D eigenvalue weighted by molar-refractivity contribution is -0.108. The summed E-state index contributed by atoms with van der Waals surface area (Å²) in [5.41, 5.74) is 6.64. The lowest BCUT2D eigenvalue weighted by Crippen LogP contribution is -2.07. The molecule has 6 aromatic rings. The highest BCUT2D eigenvalue weighted by molar-refractivity contribution is 9.10. The van der Waals surface area contributed by atoms with Crippen LogP contribution in [-0.4, -0.2) is 18.0 Å². The van der Waals surface area contributed by atoms with Gasteiger partial charge in [0.15, 0.2) is 0 Å². The van der Waals surface area contributed by atoms with Gasteiger partial charge >= 0.3 is 0 Å². The van der Waals surface area contributed by atoms with Crippen LogP contribution >= 0.6 is 31.9 Å². The fourth-order valence-electron chi connectivity index (χ4n) is 5.86. The monoisotopic (exact) mass is 790 g/mol. The Hall–Kier alpha value is -4.49. The smallest absolute Gasteiger partial charge is 0.123 e. The molecule has 2 unspecified atom stereocenters. The highest BCUT2D eigenvalue weighted by Crippen LogP contribution is 2.38. The zero-order valence-electron chi connectivity index (χ0n) is 27.7. The van der Waals surface area contributed by atoms with Crippen molar-refractivity contribution in [3.05, 3.63) is 200 Å². The summed E-state index contributed by atoms with van der Waals surface area (Å²) in [6, 6.07) is 52.6. The maximum Gasteiger partial charge on any atom is 0.123 e. The van der Waals surface area contributed by atoms with Crippen LogP contribution in [-0.2, 0) is 18.0 Å². The molecular formula is C44H40Br2O4. The lowest BCUT2D eigenvalue weighted by atomic mass is 9.88. The second-order valence-corrected chi connectivity index (χ2v) is 13.6. The van der Waals surface area contributed by atoms with Gasteiger partial charge in [0, 0.05) is 44.9 Å². The van der Waals surface area contributed by atoms with Crippen LogP contribution < -0.4 is 9.47 Å². The van der Waals surface area contributed by atoms with E-state index in [4.69, 9.17) is 9.47 Å². The molecule has 0 spiro atoms. The first-order chi connectivity index (χ1) is 24.6. The van der Waals surface area contributed by atoms with E-state index in [9.17, 15) is 9.90 Å². The van der Waals surface area contributed by atoms with Gasteiger partial charge in [0.25, 0.3) is 0 Å². The Balaban J connectivity index is 0.000000194. The quantitative estimate of drug-likeness (QED) is 0.112. The molecule has 0 saturated carbocycles. The first-order valence-corrected chi connectivity index (χ1v) is 18.2. The summed E-state index contributed by atoms with van der Waals surface area (Å²) in [6.07, 6.45) is 2.05. The molecule has 4 nitrogen and oxygen atoms in total. The largest absolute Gasteiger partial charge is 0.489 e. The number of benzene rings is 6. The molecule has 6 rings (SSSR count). The standard InChI is InChI=1S/C22H21BrO2.C22H19BrO2/c2*23-19-11-12-22(25-16-17-7-3-1-4-8-17)21(15-19)20(13-14-24)18-9-5-2-6-10-18/h1-12,15,20,24H,13-14,16H2;1-12,14-15,20H,13,16H2. The number of carbonyl (C=O) groups is 1. The Morgan fingerprint density at radius 1 is 0.540 bits per heavy atom. The van der Waals surface area contributed by atoms with Gasteiger partial charge in [0.2, 0.25) is 0 Å². The van der Waals surface area contributed by atoms with E-state index < -0.39 is 0 Å². The summed E-state index contributed by atoms with van der Waals surface area (Å²) >= 11 is 7.11. The molecule has 0 aromatic heterocycles. The molecule has 2 atom stereocenters. The number of aliphatic hydroxyl groups is 1. The molecule has 0 heterocycles. The van der Waals surface area contributed by atoms with E-state index in [1.54, 1.807) is 0 Å². The fraction of sp³-hybridized carbons (Fsp3) is 0.159. The van der Waals surface area contributed by atoms with Crippen LogP contribution in [0.25, 0.3) is 0 Å². The Morgan fingerprint density at radius 3 is 1.36 bits per heavy atom. The molecule has 0 fully saturated rings. The highest BCUT2D eigenvalue weighted by atomic mass is 79.9. The van der Waals surface area contributed by atoms with Crippen molar-refractivity contribution >= 4 is 38.1 Å². The maximum atomic E-state index is 11.3. The molecule has 0 aliphatic rings. The zero-order valence-corrected chi connectivity index (χ0v) is 30.9. The Morgan fingerprint density at radius 2 is 0.940 bits per heavy atom. The summed E-state index contributed by atoms with van der Waals surface area (Å²) < 4.78 is 14.2. The number of halogens is 2. The molecule has 0 amide bonds. The molecule has 0 aliphatic heterocycles. The minimum absolute atomic E-state index is 0.0260. The minimum atomic E-state index is -0.0260. The number of ether oxygens (including phenoxy) is 2. The fourth-order valence-corrected chi connectivity index (χ4v) is 6.61. The second kappa shape index (κ2) is 19.6. The maximum absolute atomic E-state index is 11.3. The van der Waals surface area contributed by atoms with Crippen LogP contribution in [0.1, 0.15) is 58.1 Å². The van der Waals surface area contributed by atoms with Crippen molar-refractivity contribution in [1.82, 2.24) is 0 Å². The predicted octanol–water partition coefficient (Wildman–Crippen LogP) is 11.3. The molecule has 0 radical (unpaired) electrons. The van der Waals surface area contributed by atoms with E-state index in [1.807, 2.05) is 115 Å². The molecule has 6 aromatic carbocycles. The normalized spacial score (nSPS) is 11.8. The van der Waals surface area contributed by atoms with Gasteiger partial charge in [-0.3, -0.25) is 0 Å². The van der Waals surface area contributed by atoms with Crippen molar-refractivity contribution in [2.75, 3.05) is 6.61 Å². The molecule has 0 aliphatic carbocycles. The van der Waals surface area contributed by atoms with Gasteiger partial charge < -0.3 is 19.4 Å². The van der Waals surface area contributed by atoms with Crippen molar-refractivity contribution in [3.8, 4) is 11.5 Å². The molecule has 0 saturated heterocycles. The van der Waals surface area contributed by atoms with Crippen molar-refractivity contribution in [1.29, 1.82) is 0 Å². The van der Waals surface area contributed by atoms with Crippen LogP contribution in [0.15, 0.2) is 167 Å². The number of aliphatic hydroxyl groups excluding tert-OH is 1. The summed E-state index contributed by atoms with van der Waals surface area (Å²) in [7, 11) is 0. The van der Waals surface area contributed by atoms with Crippen LogP contribution in [0.2, 0.25) is 0 Å². The first kappa shape index (κ1) is 36.8. The van der Waals surface area contributed by atoms with E-state index in [2.05, 4.69) is 74.3 Å². The van der Waals surface area contributed by atoms with E-state index in [0.717, 1.165) is 54.5 Å². The van der Waals surface area contributed by atoms with Crippen LogP contribution in [0.4, 0.5) is 0 Å². The van der Waals surface area contributed by atoms with E-state index in [0.29, 0.717) is 26.1 Å². The molecule has 0 bridgehead atoms. The van der Waals surface area contributed by atoms with E-state index in [-0.39, 0.29) is 18.4 Å². The number of hydrogen-bond donors (Lipinski definition) is 1. The molecule has 6 heteroatoms. The van der Waals surface area contributed by atoms with Gasteiger partial charge in [0.05, 0.1) is 0 Å². The summed E-state index contributed by atoms with van der Waals surface area (Å²) in [4.78, 5) is 11.3. The topological polar surface area (TPSA) is 55.8 Å². The third-order valence-electron chi connectivity index (χ3n) is 8.32.